The SMILES string of the molecule is CCCCC(=Nc1cc(C)cc(C)c1)C(C)=Nc1cc(C)cc(C)c1. The molecule has 0 saturated carbocycles. The van der Waals surface area contributed by atoms with E-state index in [1.54, 1.807) is 0 Å². The Morgan fingerprint density at radius 1 is 0.720 bits per heavy atom. The monoisotopic (exact) mass is 334 g/mol. The zero-order valence-electron chi connectivity index (χ0n) is 16.5. The van der Waals surface area contributed by atoms with Crippen LogP contribution in [0.25, 0.3) is 0 Å². The van der Waals surface area contributed by atoms with Crippen LogP contribution in [0.5, 0.6) is 0 Å². The third-order valence-electron chi connectivity index (χ3n) is 4.16. The summed E-state index contributed by atoms with van der Waals surface area (Å²) in [5.41, 5.74) is 9.12. The van der Waals surface area contributed by atoms with E-state index in [0.29, 0.717) is 0 Å². The molecule has 0 heterocycles. The van der Waals surface area contributed by atoms with E-state index in [1.165, 1.54) is 22.3 Å². The number of rotatable bonds is 6. The predicted octanol–water partition coefficient (Wildman–Crippen LogP) is 6.98. The van der Waals surface area contributed by atoms with Gasteiger partial charge in [0, 0.05) is 0 Å². The Kier molecular flexibility index (Phi) is 6.69. The fourth-order valence-corrected chi connectivity index (χ4v) is 3.11. The highest BCUT2D eigenvalue weighted by Gasteiger charge is 2.06. The summed E-state index contributed by atoms with van der Waals surface area (Å²) in [7, 11) is 0. The summed E-state index contributed by atoms with van der Waals surface area (Å²) in [6, 6.07) is 12.9. The van der Waals surface area contributed by atoms with Gasteiger partial charge in [-0.25, -0.2) is 0 Å². The first-order chi connectivity index (χ1) is 11.9. The maximum absolute atomic E-state index is 4.94. The number of benzene rings is 2. The van der Waals surface area contributed by atoms with Gasteiger partial charge in [-0.3, -0.25) is 9.98 Å². The zero-order valence-corrected chi connectivity index (χ0v) is 16.5. The molecule has 0 amide bonds. The molecule has 132 valence electrons. The third kappa shape index (κ3) is 5.97. The lowest BCUT2D eigenvalue weighted by atomic mass is 10.1. The number of aliphatic imine (C=N–C) groups is 2. The van der Waals surface area contributed by atoms with E-state index in [1.807, 2.05) is 0 Å². The van der Waals surface area contributed by atoms with E-state index in [9.17, 15) is 0 Å². The maximum Gasteiger partial charge on any atom is 0.0639 e. The molecule has 0 radical (unpaired) electrons. The lowest BCUT2D eigenvalue weighted by Crippen LogP contribution is -2.10. The van der Waals surface area contributed by atoms with Crippen LogP contribution >= 0.6 is 0 Å². The van der Waals surface area contributed by atoms with Crippen LogP contribution in [-0.4, -0.2) is 11.4 Å². The van der Waals surface area contributed by atoms with Gasteiger partial charge in [-0.1, -0.05) is 25.5 Å². The van der Waals surface area contributed by atoms with Crippen LogP contribution in [-0.2, 0) is 0 Å². The van der Waals surface area contributed by atoms with Crippen molar-refractivity contribution < 1.29 is 0 Å². The van der Waals surface area contributed by atoms with E-state index in [-0.39, 0.29) is 0 Å². The molecule has 2 rings (SSSR count). The quantitative estimate of drug-likeness (QED) is 0.509. The molecule has 2 aromatic rings. The summed E-state index contributed by atoms with van der Waals surface area (Å²) >= 11 is 0. The van der Waals surface area contributed by atoms with Gasteiger partial charge in [0.05, 0.1) is 22.8 Å². The Bertz CT molecular complexity index is 757. The first kappa shape index (κ1) is 19.1. The summed E-state index contributed by atoms with van der Waals surface area (Å²) in [6.45, 7) is 12.8. The van der Waals surface area contributed by atoms with Gasteiger partial charge in [0.2, 0.25) is 0 Å². The van der Waals surface area contributed by atoms with Crippen LogP contribution < -0.4 is 0 Å². The van der Waals surface area contributed by atoms with Gasteiger partial charge in [0.25, 0.3) is 0 Å². The second kappa shape index (κ2) is 8.75. The first-order valence-corrected chi connectivity index (χ1v) is 9.17. The Hall–Kier alpha value is -2.22. The minimum atomic E-state index is 0.962. The minimum absolute atomic E-state index is 0.962. The largest absolute Gasteiger partial charge is 0.252 e. The highest BCUT2D eigenvalue weighted by atomic mass is 14.8. The molecule has 2 aromatic carbocycles. The molecular formula is C23H30N2. The van der Waals surface area contributed by atoms with E-state index in [4.69, 9.17) is 9.98 Å². The van der Waals surface area contributed by atoms with Crippen molar-refractivity contribution in [1.82, 2.24) is 0 Å². The fourth-order valence-electron chi connectivity index (χ4n) is 3.11. The van der Waals surface area contributed by atoms with Crippen molar-refractivity contribution in [2.75, 3.05) is 0 Å². The molecule has 0 aliphatic heterocycles. The van der Waals surface area contributed by atoms with Crippen molar-refractivity contribution in [1.29, 1.82) is 0 Å². The number of hydrogen-bond donors (Lipinski definition) is 0. The van der Waals surface area contributed by atoms with Gasteiger partial charge in [0.1, 0.15) is 0 Å². The minimum Gasteiger partial charge on any atom is -0.252 e. The zero-order chi connectivity index (χ0) is 18.4. The van der Waals surface area contributed by atoms with Crippen LogP contribution in [0, 0.1) is 27.7 Å². The molecule has 0 N–H and O–H groups in total. The molecule has 2 heteroatoms. The molecule has 0 spiro atoms. The normalized spacial score (nSPS) is 12.6. The average molecular weight is 335 g/mol. The van der Waals surface area contributed by atoms with Gasteiger partial charge in [0.15, 0.2) is 0 Å². The second-order valence-electron chi connectivity index (χ2n) is 7.05. The van der Waals surface area contributed by atoms with E-state index >= 15 is 0 Å². The van der Waals surface area contributed by atoms with Gasteiger partial charge < -0.3 is 0 Å². The van der Waals surface area contributed by atoms with Gasteiger partial charge in [-0.05, 0) is 94.0 Å². The van der Waals surface area contributed by atoms with E-state index < -0.39 is 0 Å². The smallest absolute Gasteiger partial charge is 0.0639 e. The molecule has 0 aromatic heterocycles. The topological polar surface area (TPSA) is 24.7 Å². The van der Waals surface area contributed by atoms with Crippen LogP contribution in [0.4, 0.5) is 11.4 Å². The van der Waals surface area contributed by atoms with Crippen molar-refractivity contribution in [2.45, 2.75) is 60.8 Å². The van der Waals surface area contributed by atoms with E-state index in [0.717, 1.165) is 42.1 Å². The fraction of sp³-hybridized carbons (Fsp3) is 0.391. The number of aryl methyl sites for hydroxylation is 4. The summed E-state index contributed by atoms with van der Waals surface area (Å²) in [4.78, 5) is 9.81. The molecular weight excluding hydrogens is 304 g/mol. The molecule has 25 heavy (non-hydrogen) atoms. The third-order valence-corrected chi connectivity index (χ3v) is 4.16. The Morgan fingerprint density at radius 3 is 1.60 bits per heavy atom. The average Bonchev–Trinajstić information content (AvgIpc) is 2.49. The lowest BCUT2D eigenvalue weighted by molar-refractivity contribution is 0.838. The van der Waals surface area contributed by atoms with Crippen molar-refractivity contribution >= 4 is 22.8 Å². The van der Waals surface area contributed by atoms with Crippen LogP contribution in [0.15, 0.2) is 46.4 Å². The predicted molar refractivity (Wildman–Crippen MR) is 111 cm³/mol. The number of unbranched alkanes of at least 4 members (excludes halogenated alkanes) is 1. The molecule has 0 fully saturated rings. The number of hydrogen-bond acceptors (Lipinski definition) is 2. The molecule has 2 nitrogen and oxygen atoms in total. The first-order valence-electron chi connectivity index (χ1n) is 9.17. The maximum atomic E-state index is 4.94. The highest BCUT2D eigenvalue weighted by molar-refractivity contribution is 6.42. The summed E-state index contributed by atoms with van der Waals surface area (Å²) in [5.74, 6) is 0. The second-order valence-corrected chi connectivity index (χ2v) is 7.05. The van der Waals surface area contributed by atoms with Crippen molar-refractivity contribution in [2.24, 2.45) is 9.98 Å². The Morgan fingerprint density at radius 2 is 1.16 bits per heavy atom. The highest BCUT2D eigenvalue weighted by Crippen LogP contribution is 2.21. The van der Waals surface area contributed by atoms with Crippen LogP contribution in [0.3, 0.4) is 0 Å². The van der Waals surface area contributed by atoms with E-state index in [2.05, 4.69) is 77.9 Å². The van der Waals surface area contributed by atoms with Crippen molar-refractivity contribution in [3.63, 3.8) is 0 Å². The number of nitrogens with zero attached hydrogens (tertiary/aromatic N) is 2. The molecule has 0 saturated heterocycles. The molecule has 0 atom stereocenters. The summed E-state index contributed by atoms with van der Waals surface area (Å²) in [5, 5.41) is 0. The Labute approximate surface area is 152 Å². The molecule has 0 bridgehead atoms. The Balaban J connectivity index is 2.41. The molecule has 0 aliphatic carbocycles. The van der Waals surface area contributed by atoms with Gasteiger partial charge in [-0.15, -0.1) is 0 Å². The standard InChI is InChI=1S/C23H30N2/c1-7-8-9-23(25-22-14-18(4)11-19(5)15-22)20(6)24-21-12-16(2)10-17(3)13-21/h10-15H,7-9H2,1-6H3. The lowest BCUT2D eigenvalue weighted by Gasteiger charge is -2.08. The molecule has 0 aliphatic rings. The van der Waals surface area contributed by atoms with Crippen molar-refractivity contribution in [3.8, 4) is 0 Å². The van der Waals surface area contributed by atoms with Gasteiger partial charge >= 0.3 is 0 Å². The van der Waals surface area contributed by atoms with Gasteiger partial charge in [-0.2, -0.15) is 0 Å². The van der Waals surface area contributed by atoms with Crippen LogP contribution in [0.2, 0.25) is 0 Å². The molecule has 0 unspecified atom stereocenters. The van der Waals surface area contributed by atoms with Crippen LogP contribution in [0.1, 0.15) is 55.4 Å². The van der Waals surface area contributed by atoms with Crippen molar-refractivity contribution in [3.05, 3.63) is 58.7 Å². The summed E-state index contributed by atoms with van der Waals surface area (Å²) < 4.78 is 0. The summed E-state index contributed by atoms with van der Waals surface area (Å²) in [6.07, 6.45) is 3.25.